The Morgan fingerprint density at radius 3 is 1.29 bits per heavy atom. The molecule has 9 rings (SSSR count). The molecule has 0 fully saturated rings. The first kappa shape index (κ1) is 29.7. The molecule has 1 aliphatic heterocycles. The molecular formula is C48H36S. The quantitative estimate of drug-likeness (QED) is 0.174. The van der Waals surface area contributed by atoms with Crippen LogP contribution in [0.25, 0.3) is 43.8 Å². The first-order chi connectivity index (χ1) is 24.1. The SMILES string of the molecule is Cc1ccc(-c2ccc(CC3(Cc4ccc(-c5ccccc5)cc4)c4c(ccc5ccccc45)Sc4ccc5ccccc5c43)cc2)cc1. The summed E-state index contributed by atoms with van der Waals surface area (Å²) >= 11 is 1.94. The van der Waals surface area contributed by atoms with Crippen molar-refractivity contribution in [2.45, 2.75) is 35.0 Å². The highest BCUT2D eigenvalue weighted by atomic mass is 32.2. The molecule has 1 heteroatoms. The number of benzene rings is 8. The van der Waals surface area contributed by atoms with Crippen molar-refractivity contribution < 1.29 is 0 Å². The lowest BCUT2D eigenvalue weighted by atomic mass is 9.64. The van der Waals surface area contributed by atoms with E-state index in [1.54, 1.807) is 0 Å². The Morgan fingerprint density at radius 2 is 0.796 bits per heavy atom. The molecule has 0 nitrogen and oxygen atoms in total. The third-order valence-electron chi connectivity index (χ3n) is 10.4. The van der Waals surface area contributed by atoms with Gasteiger partial charge in [0.2, 0.25) is 0 Å². The molecule has 0 aromatic heterocycles. The fraction of sp³-hybridized carbons (Fsp3) is 0.0833. The molecule has 0 atom stereocenters. The lowest BCUT2D eigenvalue weighted by molar-refractivity contribution is 0.494. The fourth-order valence-corrected chi connectivity index (χ4v) is 9.35. The number of hydrogen-bond acceptors (Lipinski definition) is 1. The molecule has 0 N–H and O–H groups in total. The molecule has 0 unspecified atom stereocenters. The fourth-order valence-electron chi connectivity index (χ4n) is 8.02. The normalized spacial score (nSPS) is 13.2. The summed E-state index contributed by atoms with van der Waals surface area (Å²) in [5.41, 5.74) is 11.6. The Morgan fingerprint density at radius 1 is 0.388 bits per heavy atom. The van der Waals surface area contributed by atoms with Crippen LogP contribution in [0, 0.1) is 6.92 Å². The van der Waals surface area contributed by atoms with Crippen LogP contribution in [0.5, 0.6) is 0 Å². The average molecular weight is 645 g/mol. The Balaban J connectivity index is 1.27. The number of aryl methyl sites for hydroxylation is 1. The van der Waals surface area contributed by atoms with E-state index in [9.17, 15) is 0 Å². The molecule has 8 aromatic rings. The van der Waals surface area contributed by atoms with Crippen molar-refractivity contribution in [2.24, 2.45) is 0 Å². The van der Waals surface area contributed by atoms with Crippen molar-refractivity contribution in [2.75, 3.05) is 0 Å². The second-order valence-electron chi connectivity index (χ2n) is 13.5. The zero-order valence-corrected chi connectivity index (χ0v) is 28.4. The van der Waals surface area contributed by atoms with Crippen LogP contribution in [0.2, 0.25) is 0 Å². The van der Waals surface area contributed by atoms with Gasteiger partial charge in [0.25, 0.3) is 0 Å². The van der Waals surface area contributed by atoms with Gasteiger partial charge in [-0.15, -0.1) is 0 Å². The summed E-state index contributed by atoms with van der Waals surface area (Å²) in [6, 6.07) is 65.6. The minimum atomic E-state index is -0.308. The van der Waals surface area contributed by atoms with Gasteiger partial charge in [-0.2, -0.15) is 0 Å². The molecule has 0 radical (unpaired) electrons. The summed E-state index contributed by atoms with van der Waals surface area (Å²) in [5.74, 6) is 0. The van der Waals surface area contributed by atoms with Gasteiger partial charge in [0.05, 0.1) is 0 Å². The van der Waals surface area contributed by atoms with Gasteiger partial charge >= 0.3 is 0 Å². The van der Waals surface area contributed by atoms with Crippen molar-refractivity contribution in [1.29, 1.82) is 0 Å². The maximum atomic E-state index is 2.37. The summed E-state index contributed by atoms with van der Waals surface area (Å²) in [6.45, 7) is 2.15. The maximum Gasteiger partial charge on any atom is 0.0318 e. The van der Waals surface area contributed by atoms with E-state index in [1.165, 1.54) is 81.4 Å². The summed E-state index contributed by atoms with van der Waals surface area (Å²) in [6.07, 6.45) is 1.79. The maximum absolute atomic E-state index is 2.37. The topological polar surface area (TPSA) is 0 Å². The summed E-state index contributed by atoms with van der Waals surface area (Å²) in [4.78, 5) is 2.72. The monoisotopic (exact) mass is 644 g/mol. The van der Waals surface area contributed by atoms with E-state index >= 15 is 0 Å². The highest BCUT2D eigenvalue weighted by Gasteiger charge is 2.43. The van der Waals surface area contributed by atoms with E-state index in [0.717, 1.165) is 12.8 Å². The number of hydrogen-bond donors (Lipinski definition) is 0. The first-order valence-electron chi connectivity index (χ1n) is 17.2. The van der Waals surface area contributed by atoms with Crippen molar-refractivity contribution in [3.8, 4) is 22.3 Å². The van der Waals surface area contributed by atoms with Crippen LogP contribution in [0.4, 0.5) is 0 Å². The van der Waals surface area contributed by atoms with Gasteiger partial charge in [0.1, 0.15) is 0 Å². The molecule has 0 amide bonds. The molecule has 0 saturated carbocycles. The van der Waals surface area contributed by atoms with E-state index in [2.05, 4.69) is 183 Å². The molecule has 8 aromatic carbocycles. The predicted molar refractivity (Wildman–Crippen MR) is 209 cm³/mol. The molecule has 0 saturated heterocycles. The molecule has 234 valence electrons. The van der Waals surface area contributed by atoms with Gasteiger partial charge in [-0.1, -0.05) is 181 Å². The minimum Gasteiger partial charge on any atom is -0.0894 e. The molecule has 1 heterocycles. The standard InChI is InChI=1S/C48H36S/c1-33-15-21-37(22-16-33)39-25-19-35(20-26-39)32-48(31-34-17-23-38(24-18-34)36-9-3-2-4-10-36)46-42-13-7-5-11-40(42)27-29-44(46)49-45-30-28-41-12-6-8-14-43(41)47(45)48/h2-30H,31-32H2,1H3. The predicted octanol–water partition coefficient (Wildman–Crippen LogP) is 12.9. The second kappa shape index (κ2) is 12.3. The molecule has 49 heavy (non-hydrogen) atoms. The molecule has 1 aliphatic rings. The number of fused-ring (bicyclic) bond motifs is 6. The van der Waals surface area contributed by atoms with Crippen LogP contribution in [0.3, 0.4) is 0 Å². The van der Waals surface area contributed by atoms with Gasteiger partial charge in [0.15, 0.2) is 0 Å². The van der Waals surface area contributed by atoms with Gasteiger partial charge in [-0.05, 0) is 98.0 Å². The molecular weight excluding hydrogens is 609 g/mol. The van der Waals surface area contributed by atoms with E-state index in [-0.39, 0.29) is 5.41 Å². The lowest BCUT2D eigenvalue weighted by Gasteiger charge is -2.43. The minimum absolute atomic E-state index is 0.308. The largest absolute Gasteiger partial charge is 0.0894 e. The Labute approximate surface area is 293 Å². The zero-order chi connectivity index (χ0) is 32.8. The van der Waals surface area contributed by atoms with Crippen LogP contribution >= 0.6 is 11.8 Å². The van der Waals surface area contributed by atoms with Gasteiger partial charge in [-0.3, -0.25) is 0 Å². The summed E-state index contributed by atoms with van der Waals surface area (Å²) in [7, 11) is 0. The van der Waals surface area contributed by atoms with Crippen LogP contribution in [0.15, 0.2) is 186 Å². The van der Waals surface area contributed by atoms with Crippen molar-refractivity contribution in [1.82, 2.24) is 0 Å². The third kappa shape index (κ3) is 5.36. The van der Waals surface area contributed by atoms with E-state index < -0.39 is 0 Å². The zero-order valence-electron chi connectivity index (χ0n) is 27.6. The van der Waals surface area contributed by atoms with Crippen molar-refractivity contribution >= 4 is 33.3 Å². The average Bonchev–Trinajstić information content (AvgIpc) is 3.16. The van der Waals surface area contributed by atoms with Crippen LogP contribution in [0.1, 0.15) is 27.8 Å². The highest BCUT2D eigenvalue weighted by molar-refractivity contribution is 7.99. The molecule has 0 spiro atoms. The van der Waals surface area contributed by atoms with Crippen LogP contribution in [-0.2, 0) is 18.3 Å². The highest BCUT2D eigenvalue weighted by Crippen LogP contribution is 2.56. The van der Waals surface area contributed by atoms with Gasteiger partial charge in [-0.25, -0.2) is 0 Å². The van der Waals surface area contributed by atoms with Gasteiger partial charge < -0.3 is 0 Å². The van der Waals surface area contributed by atoms with E-state index in [4.69, 9.17) is 0 Å². The Hall–Kier alpha value is -5.37. The Bertz CT molecular complexity index is 2350. The molecule has 0 aliphatic carbocycles. The van der Waals surface area contributed by atoms with Gasteiger partial charge in [0, 0.05) is 15.2 Å². The summed E-state index contributed by atoms with van der Waals surface area (Å²) in [5, 5.41) is 5.29. The Kier molecular flexibility index (Phi) is 7.44. The first-order valence-corrected chi connectivity index (χ1v) is 18.0. The summed E-state index contributed by atoms with van der Waals surface area (Å²) < 4.78 is 0. The van der Waals surface area contributed by atoms with E-state index in [1.807, 2.05) is 11.8 Å². The van der Waals surface area contributed by atoms with Crippen LogP contribution < -0.4 is 0 Å². The third-order valence-corrected chi connectivity index (χ3v) is 11.5. The molecule has 0 bridgehead atoms. The second-order valence-corrected chi connectivity index (χ2v) is 14.6. The van der Waals surface area contributed by atoms with Crippen LogP contribution in [-0.4, -0.2) is 0 Å². The number of rotatable bonds is 6. The smallest absolute Gasteiger partial charge is 0.0318 e. The lowest BCUT2D eigenvalue weighted by Crippen LogP contribution is -2.36. The van der Waals surface area contributed by atoms with E-state index in [0.29, 0.717) is 0 Å². The van der Waals surface area contributed by atoms with Crippen molar-refractivity contribution in [3.63, 3.8) is 0 Å². The van der Waals surface area contributed by atoms with Crippen molar-refractivity contribution in [3.05, 3.63) is 204 Å².